The second kappa shape index (κ2) is 9.84. The molecule has 2 bridgehead atoms. The van der Waals surface area contributed by atoms with Crippen molar-refractivity contribution in [2.45, 2.75) is 51.5 Å². The lowest BCUT2D eigenvalue weighted by molar-refractivity contribution is -0.144. The number of amides is 4. The Labute approximate surface area is 206 Å². The van der Waals surface area contributed by atoms with Crippen LogP contribution in [0.25, 0.3) is 0 Å². The van der Waals surface area contributed by atoms with Crippen LogP contribution >= 0.6 is 0 Å². The molecule has 0 radical (unpaired) electrons. The quantitative estimate of drug-likeness (QED) is 0.420. The number of imide groups is 1. The summed E-state index contributed by atoms with van der Waals surface area (Å²) in [5.41, 5.74) is 1.77. The fourth-order valence-corrected chi connectivity index (χ4v) is 6.17. The van der Waals surface area contributed by atoms with E-state index >= 15 is 0 Å². The lowest BCUT2D eigenvalue weighted by Gasteiger charge is -2.22. The lowest BCUT2D eigenvalue weighted by atomic mass is 9.85. The summed E-state index contributed by atoms with van der Waals surface area (Å²) < 4.78 is 0. The van der Waals surface area contributed by atoms with Crippen molar-refractivity contribution in [3.05, 3.63) is 36.4 Å². The number of nitrogens with one attached hydrogen (secondary N) is 2. The van der Waals surface area contributed by atoms with Gasteiger partial charge in [-0.2, -0.15) is 0 Å². The molecule has 35 heavy (non-hydrogen) atoms. The first-order chi connectivity index (χ1) is 17.0. The van der Waals surface area contributed by atoms with E-state index in [1.54, 1.807) is 0 Å². The van der Waals surface area contributed by atoms with E-state index < -0.39 is 11.9 Å². The van der Waals surface area contributed by atoms with Crippen LogP contribution in [0.5, 0.6) is 0 Å². The second-order valence-electron chi connectivity index (χ2n) is 10.3. The zero-order valence-electron chi connectivity index (χ0n) is 20.2. The molecule has 5 rings (SSSR count). The average Bonchev–Trinajstić information content (AvgIpc) is 3.64. The molecular formula is C27H34N4O4. The van der Waals surface area contributed by atoms with Gasteiger partial charge in [0.1, 0.15) is 12.6 Å². The zero-order valence-corrected chi connectivity index (χ0v) is 20.2. The highest BCUT2D eigenvalue weighted by Crippen LogP contribution is 2.52. The van der Waals surface area contributed by atoms with Gasteiger partial charge in [-0.3, -0.25) is 24.1 Å². The average molecular weight is 479 g/mol. The van der Waals surface area contributed by atoms with Crippen molar-refractivity contribution in [1.82, 2.24) is 10.2 Å². The molecule has 2 aliphatic heterocycles. The molecule has 2 N–H and O–H groups in total. The van der Waals surface area contributed by atoms with E-state index in [4.69, 9.17) is 0 Å². The first-order valence-electron chi connectivity index (χ1n) is 12.9. The van der Waals surface area contributed by atoms with Crippen LogP contribution in [0.4, 0.5) is 11.4 Å². The molecule has 8 heteroatoms. The summed E-state index contributed by atoms with van der Waals surface area (Å²) in [7, 11) is 0. The van der Waals surface area contributed by atoms with Gasteiger partial charge in [0, 0.05) is 24.5 Å². The molecule has 5 atom stereocenters. The zero-order chi connectivity index (χ0) is 24.5. The Hall–Kier alpha value is -3.16. The first-order valence-corrected chi connectivity index (χ1v) is 12.9. The summed E-state index contributed by atoms with van der Waals surface area (Å²) in [6, 6.07) is 7.04. The number of fused-ring (bicyclic) bond motifs is 5. The molecule has 0 spiro atoms. The normalized spacial score (nSPS) is 27.5. The Morgan fingerprint density at radius 3 is 2.40 bits per heavy atom. The highest BCUT2D eigenvalue weighted by molar-refractivity contribution is 6.08. The van der Waals surface area contributed by atoms with E-state index in [0.717, 1.165) is 42.9 Å². The molecule has 186 valence electrons. The van der Waals surface area contributed by atoms with Gasteiger partial charge in [-0.25, -0.2) is 0 Å². The summed E-state index contributed by atoms with van der Waals surface area (Å²) in [4.78, 5) is 55.2. The number of unbranched alkanes of at least 4 members (excludes halogenated alkanes) is 1. The number of hydrogen-bond donors (Lipinski definition) is 2. The van der Waals surface area contributed by atoms with Gasteiger partial charge >= 0.3 is 0 Å². The molecule has 5 unspecified atom stereocenters. The molecular weight excluding hydrogens is 444 g/mol. The number of rotatable bonds is 9. The Kier molecular flexibility index (Phi) is 6.62. The van der Waals surface area contributed by atoms with Crippen LogP contribution in [-0.2, 0) is 19.2 Å². The van der Waals surface area contributed by atoms with Crippen LogP contribution in [0.15, 0.2) is 36.4 Å². The Balaban J connectivity index is 1.21. The van der Waals surface area contributed by atoms with Gasteiger partial charge in [-0.15, -0.1) is 0 Å². The summed E-state index contributed by atoms with van der Waals surface area (Å²) in [6.45, 7) is 3.73. The minimum atomic E-state index is -0.733. The van der Waals surface area contributed by atoms with Crippen molar-refractivity contribution in [3.8, 4) is 0 Å². The van der Waals surface area contributed by atoms with Gasteiger partial charge in [-0.1, -0.05) is 38.0 Å². The number of carbonyl (C=O) groups excluding carboxylic acids is 4. The summed E-state index contributed by atoms with van der Waals surface area (Å²) in [5, 5.41) is 5.74. The molecule has 4 aliphatic rings. The number of benzene rings is 1. The number of anilines is 2. The molecule has 1 saturated carbocycles. The summed E-state index contributed by atoms with van der Waals surface area (Å²) in [6.07, 6.45) is 9.40. The Morgan fingerprint density at radius 2 is 1.74 bits per heavy atom. The maximum absolute atomic E-state index is 13.1. The number of carbonyl (C=O) groups is 4. The standard InChI is InChI=1S/C27H34N4O4/c1-2-3-9-21(25(33)28-19-7-6-8-20(15-19)30-12-4-5-13-30)29-22(32)16-31-26(34)23-17-10-11-18(14-17)24(23)27(31)35/h6-8,10-11,15,17-18,21,23-24H,2-5,9,12-14,16H2,1H3,(H,28,33)(H,29,32). The number of allylic oxidation sites excluding steroid dienone is 2. The minimum absolute atomic E-state index is 0.105. The number of hydrogen-bond acceptors (Lipinski definition) is 5. The van der Waals surface area contributed by atoms with Crippen molar-refractivity contribution in [3.63, 3.8) is 0 Å². The molecule has 0 aromatic heterocycles. The van der Waals surface area contributed by atoms with Gasteiger partial charge in [0.25, 0.3) is 0 Å². The third-order valence-corrected chi connectivity index (χ3v) is 7.95. The second-order valence-corrected chi connectivity index (χ2v) is 10.3. The van der Waals surface area contributed by atoms with Crippen molar-refractivity contribution >= 4 is 35.0 Å². The van der Waals surface area contributed by atoms with Gasteiger partial charge < -0.3 is 15.5 Å². The third kappa shape index (κ3) is 4.58. The van der Waals surface area contributed by atoms with E-state index in [2.05, 4.69) is 15.5 Å². The highest BCUT2D eigenvalue weighted by Gasteiger charge is 2.59. The van der Waals surface area contributed by atoms with Crippen LogP contribution in [0.1, 0.15) is 45.4 Å². The minimum Gasteiger partial charge on any atom is -0.371 e. The van der Waals surface area contributed by atoms with Crippen molar-refractivity contribution < 1.29 is 19.2 Å². The van der Waals surface area contributed by atoms with Crippen LogP contribution in [0, 0.1) is 23.7 Å². The van der Waals surface area contributed by atoms with Crippen molar-refractivity contribution in [2.75, 3.05) is 29.9 Å². The summed E-state index contributed by atoms with van der Waals surface area (Å²) >= 11 is 0. The van der Waals surface area contributed by atoms with E-state index in [0.29, 0.717) is 12.1 Å². The molecule has 3 fully saturated rings. The van der Waals surface area contributed by atoms with Gasteiger partial charge in [0.05, 0.1) is 11.8 Å². The van der Waals surface area contributed by atoms with Crippen molar-refractivity contribution in [2.24, 2.45) is 23.7 Å². The van der Waals surface area contributed by atoms with Gasteiger partial charge in [0.15, 0.2) is 0 Å². The smallest absolute Gasteiger partial charge is 0.246 e. The molecule has 1 aromatic rings. The van der Waals surface area contributed by atoms with Gasteiger partial charge in [-0.05, 0) is 55.7 Å². The predicted octanol–water partition coefficient (Wildman–Crippen LogP) is 2.71. The molecule has 8 nitrogen and oxygen atoms in total. The molecule has 1 aromatic carbocycles. The van der Waals surface area contributed by atoms with Crippen LogP contribution in [0.2, 0.25) is 0 Å². The fourth-order valence-electron chi connectivity index (χ4n) is 6.17. The predicted molar refractivity (Wildman–Crippen MR) is 132 cm³/mol. The van der Waals surface area contributed by atoms with E-state index in [1.165, 1.54) is 12.8 Å². The molecule has 4 amide bonds. The maximum atomic E-state index is 13.1. The molecule has 2 saturated heterocycles. The number of nitrogens with zero attached hydrogens (tertiary/aromatic N) is 2. The lowest BCUT2D eigenvalue weighted by Crippen LogP contribution is -2.49. The Morgan fingerprint density at radius 1 is 1.06 bits per heavy atom. The maximum Gasteiger partial charge on any atom is 0.246 e. The van der Waals surface area contributed by atoms with E-state index in [-0.39, 0.29) is 47.9 Å². The topological polar surface area (TPSA) is 98.8 Å². The van der Waals surface area contributed by atoms with Crippen LogP contribution in [-0.4, -0.2) is 54.2 Å². The number of likely N-dealkylation sites (tertiary alicyclic amines) is 1. The summed E-state index contributed by atoms with van der Waals surface area (Å²) in [5.74, 6) is -1.71. The Bertz CT molecular complexity index is 1020. The highest BCUT2D eigenvalue weighted by atomic mass is 16.2. The van der Waals surface area contributed by atoms with E-state index in [9.17, 15) is 19.2 Å². The monoisotopic (exact) mass is 478 g/mol. The van der Waals surface area contributed by atoms with Crippen LogP contribution in [0.3, 0.4) is 0 Å². The van der Waals surface area contributed by atoms with E-state index in [1.807, 2.05) is 43.3 Å². The molecule has 2 heterocycles. The van der Waals surface area contributed by atoms with Crippen molar-refractivity contribution in [1.29, 1.82) is 0 Å². The largest absolute Gasteiger partial charge is 0.371 e. The fraction of sp³-hybridized carbons (Fsp3) is 0.556. The SMILES string of the molecule is CCCCC(NC(=O)CN1C(=O)C2C3C=CC(C3)C2C1=O)C(=O)Nc1cccc(N2CCCC2)c1. The van der Waals surface area contributed by atoms with Gasteiger partial charge in [0.2, 0.25) is 23.6 Å². The first kappa shape index (κ1) is 23.6. The molecule has 2 aliphatic carbocycles. The third-order valence-electron chi connectivity index (χ3n) is 7.95. The van der Waals surface area contributed by atoms with Crippen LogP contribution < -0.4 is 15.5 Å².